The Morgan fingerprint density at radius 1 is 1.33 bits per heavy atom. The molecule has 1 atom stereocenters. The van der Waals surface area contributed by atoms with Crippen molar-refractivity contribution in [3.8, 4) is 0 Å². The summed E-state index contributed by atoms with van der Waals surface area (Å²) < 4.78 is 0. The summed E-state index contributed by atoms with van der Waals surface area (Å²) >= 11 is 1.97. The molecule has 1 aliphatic rings. The first-order valence-corrected chi connectivity index (χ1v) is 6.55. The average Bonchev–Trinajstić information content (AvgIpc) is 2.33. The van der Waals surface area contributed by atoms with Gasteiger partial charge >= 0.3 is 0 Å². The molecular formula is C10H21NS. The summed E-state index contributed by atoms with van der Waals surface area (Å²) in [6.45, 7) is 1.25. The molecule has 2 heteroatoms. The summed E-state index contributed by atoms with van der Waals surface area (Å²) in [6.07, 6.45) is 10.6. The lowest BCUT2D eigenvalue weighted by Crippen LogP contribution is -2.28. The van der Waals surface area contributed by atoms with E-state index in [1.807, 2.05) is 11.8 Å². The third kappa shape index (κ3) is 4.36. The molecule has 0 radical (unpaired) electrons. The van der Waals surface area contributed by atoms with Gasteiger partial charge in [-0.25, -0.2) is 0 Å². The standard InChI is InChI=1S/C10H21NS/c1-12-9-5-7-10-6-3-2-4-8-11-10/h10-11H,2-9H2,1H3. The quantitative estimate of drug-likeness (QED) is 0.679. The van der Waals surface area contributed by atoms with Gasteiger partial charge in [0.15, 0.2) is 0 Å². The van der Waals surface area contributed by atoms with Crippen LogP contribution in [0.5, 0.6) is 0 Å². The van der Waals surface area contributed by atoms with Crippen molar-refractivity contribution < 1.29 is 0 Å². The topological polar surface area (TPSA) is 12.0 Å². The van der Waals surface area contributed by atoms with Crippen molar-refractivity contribution in [1.29, 1.82) is 0 Å². The maximum atomic E-state index is 3.63. The Hall–Kier alpha value is 0.310. The van der Waals surface area contributed by atoms with E-state index >= 15 is 0 Å². The maximum Gasteiger partial charge on any atom is 0.00673 e. The van der Waals surface area contributed by atoms with Gasteiger partial charge in [-0.15, -0.1) is 0 Å². The van der Waals surface area contributed by atoms with E-state index in [-0.39, 0.29) is 0 Å². The van der Waals surface area contributed by atoms with Crippen molar-refractivity contribution >= 4 is 11.8 Å². The fourth-order valence-electron chi connectivity index (χ4n) is 1.82. The lowest BCUT2D eigenvalue weighted by atomic mass is 10.1. The number of rotatable bonds is 4. The Morgan fingerprint density at radius 3 is 3.08 bits per heavy atom. The van der Waals surface area contributed by atoms with Crippen molar-refractivity contribution in [2.75, 3.05) is 18.6 Å². The van der Waals surface area contributed by atoms with Gasteiger partial charge in [0.1, 0.15) is 0 Å². The van der Waals surface area contributed by atoms with Crippen LogP contribution in [-0.2, 0) is 0 Å². The van der Waals surface area contributed by atoms with E-state index < -0.39 is 0 Å². The summed E-state index contributed by atoms with van der Waals surface area (Å²) in [6, 6.07) is 0.833. The van der Waals surface area contributed by atoms with Gasteiger partial charge in [-0.2, -0.15) is 11.8 Å². The van der Waals surface area contributed by atoms with Gasteiger partial charge in [-0.05, 0) is 44.2 Å². The highest BCUT2D eigenvalue weighted by Gasteiger charge is 2.09. The van der Waals surface area contributed by atoms with Gasteiger partial charge in [0.05, 0.1) is 0 Å². The first-order valence-electron chi connectivity index (χ1n) is 5.16. The van der Waals surface area contributed by atoms with Crippen LogP contribution in [0.1, 0.15) is 38.5 Å². The molecule has 1 saturated heterocycles. The molecule has 0 bridgehead atoms. The van der Waals surface area contributed by atoms with Gasteiger partial charge in [0.25, 0.3) is 0 Å². The molecule has 1 fully saturated rings. The van der Waals surface area contributed by atoms with E-state index in [1.165, 1.54) is 50.8 Å². The summed E-state index contributed by atoms with van der Waals surface area (Å²) in [5.74, 6) is 1.33. The minimum atomic E-state index is 0.833. The smallest absolute Gasteiger partial charge is 0.00673 e. The van der Waals surface area contributed by atoms with Gasteiger partial charge in [-0.1, -0.05) is 12.8 Å². The van der Waals surface area contributed by atoms with Crippen LogP contribution in [0.25, 0.3) is 0 Å². The molecule has 1 unspecified atom stereocenters. The van der Waals surface area contributed by atoms with E-state index in [0.29, 0.717) is 0 Å². The van der Waals surface area contributed by atoms with Crippen LogP contribution < -0.4 is 5.32 Å². The van der Waals surface area contributed by atoms with Crippen LogP contribution in [0.2, 0.25) is 0 Å². The summed E-state index contributed by atoms with van der Waals surface area (Å²) in [7, 11) is 0. The van der Waals surface area contributed by atoms with Gasteiger partial charge in [0.2, 0.25) is 0 Å². The van der Waals surface area contributed by atoms with Gasteiger partial charge in [-0.3, -0.25) is 0 Å². The van der Waals surface area contributed by atoms with Crippen LogP contribution in [0.3, 0.4) is 0 Å². The van der Waals surface area contributed by atoms with Crippen molar-refractivity contribution in [2.24, 2.45) is 0 Å². The Balaban J connectivity index is 2.04. The van der Waals surface area contributed by atoms with Gasteiger partial charge < -0.3 is 5.32 Å². The zero-order valence-electron chi connectivity index (χ0n) is 8.14. The highest BCUT2D eigenvalue weighted by Crippen LogP contribution is 2.13. The van der Waals surface area contributed by atoms with Crippen molar-refractivity contribution in [3.05, 3.63) is 0 Å². The second kappa shape index (κ2) is 6.79. The van der Waals surface area contributed by atoms with Crippen LogP contribution in [0, 0.1) is 0 Å². The molecule has 1 aliphatic heterocycles. The molecule has 0 aromatic rings. The van der Waals surface area contributed by atoms with E-state index in [4.69, 9.17) is 0 Å². The lowest BCUT2D eigenvalue weighted by molar-refractivity contribution is 0.475. The Kier molecular flexibility index (Phi) is 5.88. The average molecular weight is 187 g/mol. The monoisotopic (exact) mass is 187 g/mol. The van der Waals surface area contributed by atoms with Crippen molar-refractivity contribution in [2.45, 2.75) is 44.6 Å². The summed E-state index contributed by atoms with van der Waals surface area (Å²) in [5.41, 5.74) is 0. The third-order valence-corrected chi connectivity index (χ3v) is 3.26. The van der Waals surface area contributed by atoms with E-state index in [9.17, 15) is 0 Å². The predicted octanol–water partition coefficient (Wildman–Crippen LogP) is 2.66. The number of hydrogen-bond donors (Lipinski definition) is 1. The molecule has 0 aliphatic carbocycles. The molecule has 0 aromatic heterocycles. The van der Waals surface area contributed by atoms with E-state index in [2.05, 4.69) is 11.6 Å². The SMILES string of the molecule is CSCCCC1CCCCCN1. The largest absolute Gasteiger partial charge is 0.314 e. The maximum absolute atomic E-state index is 3.63. The van der Waals surface area contributed by atoms with Crippen LogP contribution in [0.4, 0.5) is 0 Å². The Bertz CT molecular complexity index is 98.0. The number of thioether (sulfide) groups is 1. The fourth-order valence-corrected chi connectivity index (χ4v) is 2.28. The van der Waals surface area contributed by atoms with Crippen LogP contribution >= 0.6 is 11.8 Å². The molecule has 1 rings (SSSR count). The highest BCUT2D eigenvalue weighted by atomic mass is 32.2. The molecule has 1 heterocycles. The molecule has 0 saturated carbocycles. The van der Waals surface area contributed by atoms with E-state index in [0.717, 1.165) is 6.04 Å². The molecule has 12 heavy (non-hydrogen) atoms. The Morgan fingerprint density at radius 2 is 2.25 bits per heavy atom. The molecule has 0 spiro atoms. The normalized spacial score (nSPS) is 25.2. The van der Waals surface area contributed by atoms with E-state index in [1.54, 1.807) is 0 Å². The molecule has 72 valence electrons. The first-order chi connectivity index (χ1) is 5.93. The molecule has 1 N–H and O–H groups in total. The summed E-state index contributed by atoms with van der Waals surface area (Å²) in [5, 5.41) is 3.63. The van der Waals surface area contributed by atoms with Crippen molar-refractivity contribution in [3.63, 3.8) is 0 Å². The van der Waals surface area contributed by atoms with Crippen LogP contribution in [-0.4, -0.2) is 24.6 Å². The Labute approximate surface area is 80.7 Å². The fraction of sp³-hybridized carbons (Fsp3) is 1.00. The first kappa shape index (κ1) is 10.4. The summed E-state index contributed by atoms with van der Waals surface area (Å²) in [4.78, 5) is 0. The minimum Gasteiger partial charge on any atom is -0.314 e. The minimum absolute atomic E-state index is 0.833. The predicted molar refractivity (Wildman–Crippen MR) is 57.9 cm³/mol. The molecule has 0 amide bonds. The van der Waals surface area contributed by atoms with Gasteiger partial charge in [0, 0.05) is 6.04 Å². The zero-order valence-corrected chi connectivity index (χ0v) is 8.96. The lowest BCUT2D eigenvalue weighted by Gasteiger charge is -2.14. The second-order valence-electron chi connectivity index (χ2n) is 3.64. The number of nitrogens with one attached hydrogen (secondary N) is 1. The highest BCUT2D eigenvalue weighted by molar-refractivity contribution is 7.98. The third-order valence-electron chi connectivity index (χ3n) is 2.56. The zero-order chi connectivity index (χ0) is 8.65. The molecule has 1 nitrogen and oxygen atoms in total. The number of hydrogen-bond acceptors (Lipinski definition) is 2. The van der Waals surface area contributed by atoms with Crippen LogP contribution in [0.15, 0.2) is 0 Å². The van der Waals surface area contributed by atoms with Crippen molar-refractivity contribution in [1.82, 2.24) is 5.32 Å². The molecular weight excluding hydrogens is 166 g/mol. The second-order valence-corrected chi connectivity index (χ2v) is 4.62. The molecule has 0 aromatic carbocycles.